The maximum Gasteiger partial charge on any atom is 0.156 e. The Labute approximate surface area is 198 Å². The Bertz CT molecular complexity index is 1150. The highest BCUT2D eigenvalue weighted by Crippen LogP contribution is 2.39. The Balaban J connectivity index is 1.47. The summed E-state index contributed by atoms with van der Waals surface area (Å²) in [5.41, 5.74) is 2.30. The molecule has 0 amide bonds. The van der Waals surface area contributed by atoms with E-state index in [1.54, 1.807) is 12.3 Å². The third-order valence-corrected chi connectivity index (χ3v) is 5.53. The van der Waals surface area contributed by atoms with Gasteiger partial charge in [0.15, 0.2) is 5.75 Å². The van der Waals surface area contributed by atoms with E-state index in [0.29, 0.717) is 41.3 Å². The van der Waals surface area contributed by atoms with Crippen LogP contribution in [-0.2, 0) is 13.0 Å². The number of rotatable bonds is 9. The van der Waals surface area contributed by atoms with Crippen molar-refractivity contribution in [3.05, 3.63) is 101 Å². The molecule has 1 heterocycles. The topological polar surface area (TPSA) is 62.8 Å². The molecule has 7 heteroatoms. The van der Waals surface area contributed by atoms with E-state index < -0.39 is 23.3 Å². The Morgan fingerprint density at radius 2 is 1.76 bits per heavy atom. The van der Waals surface area contributed by atoms with Crippen molar-refractivity contribution in [2.75, 3.05) is 11.9 Å². The van der Waals surface area contributed by atoms with Gasteiger partial charge in [-0.2, -0.15) is 0 Å². The Kier molecular flexibility index (Phi) is 7.14. The quantitative estimate of drug-likeness (QED) is 0.391. The van der Waals surface area contributed by atoms with Gasteiger partial charge in [0.1, 0.15) is 30.3 Å². The molecule has 1 aliphatic heterocycles. The van der Waals surface area contributed by atoms with Crippen molar-refractivity contribution in [2.24, 2.45) is 0 Å². The number of ether oxygens (including phenoxy) is 2. The van der Waals surface area contributed by atoms with Crippen LogP contribution in [0.4, 0.5) is 14.5 Å². The smallest absolute Gasteiger partial charge is 0.156 e. The molecule has 0 saturated carbocycles. The van der Waals surface area contributed by atoms with Gasteiger partial charge in [0.05, 0.1) is 11.8 Å². The van der Waals surface area contributed by atoms with E-state index in [-0.39, 0.29) is 6.54 Å². The molecule has 5 nitrogen and oxygen atoms in total. The molecule has 0 radical (unpaired) electrons. The van der Waals surface area contributed by atoms with Gasteiger partial charge in [-0.05, 0) is 49.6 Å². The first-order chi connectivity index (χ1) is 16.3. The van der Waals surface area contributed by atoms with Gasteiger partial charge in [0.2, 0.25) is 0 Å². The number of nitrogens with one attached hydrogen (secondary N) is 2. The predicted molar refractivity (Wildman–Crippen MR) is 128 cm³/mol. The lowest BCUT2D eigenvalue weighted by atomic mass is 9.94. The number of aliphatic hydroxyl groups excluding tert-OH is 1. The minimum Gasteiger partial charge on any atom is -0.489 e. The molecule has 0 aromatic heterocycles. The van der Waals surface area contributed by atoms with Crippen LogP contribution in [-0.4, -0.2) is 17.2 Å². The molecule has 0 saturated heterocycles. The summed E-state index contributed by atoms with van der Waals surface area (Å²) in [5, 5.41) is 17.5. The molecular weight excluding hydrogens is 438 g/mol. The first-order valence-electron chi connectivity index (χ1n) is 11.1. The molecule has 0 aliphatic carbocycles. The average Bonchev–Trinajstić information content (AvgIpc) is 2.80. The lowest BCUT2D eigenvalue weighted by molar-refractivity contribution is 0.157. The van der Waals surface area contributed by atoms with Crippen LogP contribution in [0, 0.1) is 11.6 Å². The van der Waals surface area contributed by atoms with E-state index >= 15 is 0 Å². The van der Waals surface area contributed by atoms with Gasteiger partial charge in [-0.3, -0.25) is 0 Å². The predicted octanol–water partition coefficient (Wildman–Crippen LogP) is 5.46. The summed E-state index contributed by atoms with van der Waals surface area (Å²) < 4.78 is 38.8. The lowest BCUT2D eigenvalue weighted by Gasteiger charge is -2.29. The summed E-state index contributed by atoms with van der Waals surface area (Å²) in [4.78, 5) is 0. The standard InChI is InChI=1S/C27H28F2N2O3/c1-27(2,15-19-10-20(28)12-21(29)11-19)31-16-25(32)23-13-22(14-24-26(23)33-9-8-30-24)34-17-18-6-4-3-5-7-18/h3-14,25,30-32H,15-17H2,1-2H3. The van der Waals surface area contributed by atoms with E-state index in [0.717, 1.165) is 11.6 Å². The van der Waals surface area contributed by atoms with Crippen LogP contribution in [0.15, 0.2) is 73.1 Å². The number of hydrogen-bond donors (Lipinski definition) is 3. The van der Waals surface area contributed by atoms with Crippen LogP contribution in [0.1, 0.15) is 36.6 Å². The largest absolute Gasteiger partial charge is 0.489 e. The van der Waals surface area contributed by atoms with E-state index in [4.69, 9.17) is 9.47 Å². The van der Waals surface area contributed by atoms with Crippen molar-refractivity contribution < 1.29 is 23.4 Å². The van der Waals surface area contributed by atoms with E-state index in [1.807, 2.05) is 50.2 Å². The third-order valence-electron chi connectivity index (χ3n) is 5.53. The SMILES string of the molecule is CC(C)(Cc1cc(F)cc(F)c1)NCC(O)c1cc(OCc2ccccc2)cc2c1OC=CN2. The van der Waals surface area contributed by atoms with Crippen LogP contribution in [0.3, 0.4) is 0 Å². The van der Waals surface area contributed by atoms with Crippen molar-refractivity contribution in [1.29, 1.82) is 0 Å². The average molecular weight is 467 g/mol. The highest BCUT2D eigenvalue weighted by atomic mass is 19.1. The molecule has 3 aromatic carbocycles. The fourth-order valence-corrected chi connectivity index (χ4v) is 3.93. The summed E-state index contributed by atoms with van der Waals surface area (Å²) in [6.45, 7) is 4.42. The zero-order chi connectivity index (χ0) is 24.1. The van der Waals surface area contributed by atoms with E-state index in [9.17, 15) is 13.9 Å². The molecule has 0 fully saturated rings. The van der Waals surface area contributed by atoms with Crippen LogP contribution in [0.25, 0.3) is 0 Å². The maximum absolute atomic E-state index is 13.6. The molecule has 0 bridgehead atoms. The van der Waals surface area contributed by atoms with Gasteiger partial charge >= 0.3 is 0 Å². The Morgan fingerprint density at radius 1 is 1.03 bits per heavy atom. The van der Waals surface area contributed by atoms with Crippen molar-refractivity contribution in [3.8, 4) is 11.5 Å². The van der Waals surface area contributed by atoms with Gasteiger partial charge in [-0.25, -0.2) is 8.78 Å². The van der Waals surface area contributed by atoms with Crippen molar-refractivity contribution in [1.82, 2.24) is 5.32 Å². The van der Waals surface area contributed by atoms with Crippen molar-refractivity contribution >= 4 is 5.69 Å². The van der Waals surface area contributed by atoms with Crippen molar-refractivity contribution in [3.63, 3.8) is 0 Å². The highest BCUT2D eigenvalue weighted by Gasteiger charge is 2.24. The summed E-state index contributed by atoms with van der Waals surface area (Å²) >= 11 is 0. The Morgan fingerprint density at radius 3 is 2.50 bits per heavy atom. The molecule has 3 N–H and O–H groups in total. The molecule has 0 spiro atoms. The summed E-state index contributed by atoms with van der Waals surface area (Å²) in [6, 6.07) is 16.9. The first kappa shape index (κ1) is 23.7. The summed E-state index contributed by atoms with van der Waals surface area (Å²) in [6.07, 6.45) is 2.65. The van der Waals surface area contributed by atoms with Crippen LogP contribution >= 0.6 is 0 Å². The van der Waals surface area contributed by atoms with Crippen LogP contribution in [0.2, 0.25) is 0 Å². The molecule has 1 atom stereocenters. The number of aliphatic hydroxyl groups is 1. The number of hydrogen-bond acceptors (Lipinski definition) is 5. The highest BCUT2D eigenvalue weighted by molar-refractivity contribution is 5.66. The van der Waals surface area contributed by atoms with Gasteiger partial charge in [-0.1, -0.05) is 30.3 Å². The van der Waals surface area contributed by atoms with Gasteiger partial charge in [0, 0.05) is 36.0 Å². The second-order valence-corrected chi connectivity index (χ2v) is 8.96. The second-order valence-electron chi connectivity index (χ2n) is 8.96. The fraction of sp³-hybridized carbons (Fsp3) is 0.259. The van der Waals surface area contributed by atoms with E-state index in [1.165, 1.54) is 18.4 Å². The molecule has 34 heavy (non-hydrogen) atoms. The van der Waals surface area contributed by atoms with Gasteiger partial charge < -0.3 is 25.2 Å². The zero-order valence-electron chi connectivity index (χ0n) is 19.1. The molecule has 4 rings (SSSR count). The minimum absolute atomic E-state index is 0.201. The molecular formula is C27H28F2N2O3. The van der Waals surface area contributed by atoms with Crippen molar-refractivity contribution in [2.45, 2.75) is 38.5 Å². The number of halogens is 2. The van der Waals surface area contributed by atoms with E-state index in [2.05, 4.69) is 10.6 Å². The number of benzene rings is 3. The second kappa shape index (κ2) is 10.2. The summed E-state index contributed by atoms with van der Waals surface area (Å²) in [7, 11) is 0. The third kappa shape index (κ3) is 6.12. The monoisotopic (exact) mass is 466 g/mol. The number of β-amino-alcohol motifs (C(OH)–C–C–N with tert-alkyl or cyclic N) is 1. The Hall–Kier alpha value is -3.42. The number of fused-ring (bicyclic) bond motifs is 1. The first-order valence-corrected chi connectivity index (χ1v) is 11.1. The van der Waals surface area contributed by atoms with Crippen LogP contribution < -0.4 is 20.1 Å². The molecule has 1 unspecified atom stereocenters. The van der Waals surface area contributed by atoms with Crippen LogP contribution in [0.5, 0.6) is 11.5 Å². The molecule has 3 aromatic rings. The zero-order valence-corrected chi connectivity index (χ0v) is 19.1. The van der Waals surface area contributed by atoms with Gasteiger partial charge in [0.25, 0.3) is 0 Å². The normalized spacial score (nSPS) is 13.6. The summed E-state index contributed by atoms with van der Waals surface area (Å²) in [5.74, 6) is -0.101. The fourth-order valence-electron chi connectivity index (χ4n) is 3.93. The minimum atomic E-state index is -0.911. The molecule has 178 valence electrons. The number of anilines is 1. The lowest BCUT2D eigenvalue weighted by Crippen LogP contribution is -2.43. The maximum atomic E-state index is 13.6. The van der Waals surface area contributed by atoms with Gasteiger partial charge in [-0.15, -0.1) is 0 Å². The molecule has 1 aliphatic rings.